The zero-order valence-corrected chi connectivity index (χ0v) is 5.97. The van der Waals surface area contributed by atoms with E-state index in [2.05, 4.69) is 12.6 Å². The van der Waals surface area contributed by atoms with Gasteiger partial charge in [-0.1, -0.05) is 0 Å². The van der Waals surface area contributed by atoms with Gasteiger partial charge in [0.15, 0.2) is 0 Å². The highest BCUT2D eigenvalue weighted by molar-refractivity contribution is 7.80. The van der Waals surface area contributed by atoms with Crippen LogP contribution < -0.4 is 0 Å². The third-order valence-corrected chi connectivity index (χ3v) is 1.43. The molecule has 0 spiro atoms. The molecule has 1 heterocycles. The zero-order chi connectivity index (χ0) is 7.56. The second-order valence-corrected chi connectivity index (χ2v) is 2.28. The summed E-state index contributed by atoms with van der Waals surface area (Å²) in [4.78, 5) is 10.7. The van der Waals surface area contributed by atoms with Crippen LogP contribution in [-0.2, 0) is 11.2 Å². The maximum atomic E-state index is 10.1. The highest BCUT2D eigenvalue weighted by Gasteiger charge is 2.06. The number of rotatable bonds is 2. The standard InChI is InChI=1S/C6H6O3S/c7-6(8)3-4-5(10)1-2-9-4/h1-2,10H,3H2,(H,7,8). The van der Waals surface area contributed by atoms with Crippen LogP contribution in [0.3, 0.4) is 0 Å². The van der Waals surface area contributed by atoms with Gasteiger partial charge in [-0.25, -0.2) is 0 Å². The molecule has 0 bridgehead atoms. The average Bonchev–Trinajstić information content (AvgIpc) is 2.15. The van der Waals surface area contributed by atoms with Crippen molar-refractivity contribution in [2.75, 3.05) is 0 Å². The van der Waals surface area contributed by atoms with E-state index in [0.717, 1.165) is 0 Å². The van der Waals surface area contributed by atoms with Crippen LogP contribution in [0.4, 0.5) is 0 Å². The molecule has 0 fully saturated rings. The van der Waals surface area contributed by atoms with E-state index >= 15 is 0 Å². The molecule has 0 aliphatic carbocycles. The smallest absolute Gasteiger partial charge is 0.311 e. The van der Waals surface area contributed by atoms with Crippen molar-refractivity contribution in [3.63, 3.8) is 0 Å². The Morgan fingerprint density at radius 3 is 2.90 bits per heavy atom. The number of carbonyl (C=O) groups is 1. The Hall–Kier alpha value is -0.900. The normalized spacial score (nSPS) is 9.70. The van der Waals surface area contributed by atoms with Crippen molar-refractivity contribution in [1.82, 2.24) is 0 Å². The predicted octanol–water partition coefficient (Wildman–Crippen LogP) is 1.20. The van der Waals surface area contributed by atoms with Crippen molar-refractivity contribution >= 4 is 18.6 Å². The number of carboxylic acid groups (broad SMARTS) is 1. The van der Waals surface area contributed by atoms with E-state index in [4.69, 9.17) is 9.52 Å². The number of aliphatic carboxylic acids is 1. The first-order valence-corrected chi connectivity index (χ1v) is 3.12. The molecule has 1 aromatic heterocycles. The van der Waals surface area contributed by atoms with E-state index in [9.17, 15) is 4.79 Å². The minimum atomic E-state index is -0.912. The van der Waals surface area contributed by atoms with Crippen molar-refractivity contribution in [3.05, 3.63) is 18.1 Å². The Bertz CT molecular complexity index is 241. The molecular weight excluding hydrogens is 152 g/mol. The molecule has 0 aromatic carbocycles. The largest absolute Gasteiger partial charge is 0.481 e. The first kappa shape index (κ1) is 7.21. The predicted molar refractivity (Wildman–Crippen MR) is 37.3 cm³/mol. The Morgan fingerprint density at radius 1 is 1.80 bits per heavy atom. The fourth-order valence-electron chi connectivity index (χ4n) is 0.603. The topological polar surface area (TPSA) is 50.4 Å². The van der Waals surface area contributed by atoms with E-state index < -0.39 is 5.97 Å². The molecule has 0 amide bonds. The molecule has 0 saturated carbocycles. The van der Waals surface area contributed by atoms with Crippen LogP contribution in [0.1, 0.15) is 5.76 Å². The summed E-state index contributed by atoms with van der Waals surface area (Å²) in [5.74, 6) is -0.513. The lowest BCUT2D eigenvalue weighted by Gasteiger charge is -1.89. The molecule has 10 heavy (non-hydrogen) atoms. The van der Waals surface area contributed by atoms with Gasteiger partial charge in [-0.2, -0.15) is 0 Å². The quantitative estimate of drug-likeness (QED) is 0.636. The van der Waals surface area contributed by atoms with E-state index in [-0.39, 0.29) is 6.42 Å². The molecule has 1 aromatic rings. The second kappa shape index (κ2) is 2.79. The SMILES string of the molecule is O=C(O)Cc1occc1S. The van der Waals surface area contributed by atoms with Crippen LogP contribution in [0.5, 0.6) is 0 Å². The van der Waals surface area contributed by atoms with Gasteiger partial charge in [0, 0.05) is 4.90 Å². The van der Waals surface area contributed by atoms with E-state index in [0.29, 0.717) is 10.7 Å². The molecule has 0 radical (unpaired) electrons. The monoisotopic (exact) mass is 158 g/mol. The first-order chi connectivity index (χ1) is 4.70. The number of hydrogen-bond acceptors (Lipinski definition) is 3. The molecule has 1 N–H and O–H groups in total. The minimum absolute atomic E-state index is 0.105. The molecule has 54 valence electrons. The summed E-state index contributed by atoms with van der Waals surface area (Å²) in [6, 6.07) is 1.61. The minimum Gasteiger partial charge on any atom is -0.481 e. The summed E-state index contributed by atoms with van der Waals surface area (Å²) in [5, 5.41) is 8.32. The van der Waals surface area contributed by atoms with Crippen molar-refractivity contribution < 1.29 is 14.3 Å². The van der Waals surface area contributed by atoms with Gasteiger partial charge >= 0.3 is 5.97 Å². The molecule has 4 heteroatoms. The molecule has 0 unspecified atom stereocenters. The van der Waals surface area contributed by atoms with Gasteiger partial charge in [-0.15, -0.1) is 12.6 Å². The first-order valence-electron chi connectivity index (χ1n) is 2.67. The van der Waals surface area contributed by atoms with Crippen LogP contribution in [-0.4, -0.2) is 11.1 Å². The number of thiol groups is 1. The lowest BCUT2D eigenvalue weighted by molar-refractivity contribution is -0.136. The summed E-state index contributed by atoms with van der Waals surface area (Å²) in [6.45, 7) is 0. The fraction of sp³-hybridized carbons (Fsp3) is 0.167. The lowest BCUT2D eigenvalue weighted by Crippen LogP contribution is -1.98. The van der Waals surface area contributed by atoms with Crippen molar-refractivity contribution in [3.8, 4) is 0 Å². The van der Waals surface area contributed by atoms with Gasteiger partial charge in [0.25, 0.3) is 0 Å². The van der Waals surface area contributed by atoms with Gasteiger partial charge in [0.05, 0.1) is 6.26 Å². The summed E-state index contributed by atoms with van der Waals surface area (Å²) in [7, 11) is 0. The summed E-state index contributed by atoms with van der Waals surface area (Å²) in [6.07, 6.45) is 1.31. The van der Waals surface area contributed by atoms with Crippen LogP contribution in [0, 0.1) is 0 Å². The molecule has 0 aliphatic heterocycles. The van der Waals surface area contributed by atoms with Crippen LogP contribution >= 0.6 is 12.6 Å². The van der Waals surface area contributed by atoms with Crippen molar-refractivity contribution in [2.24, 2.45) is 0 Å². The molecular formula is C6H6O3S. The van der Waals surface area contributed by atoms with Gasteiger partial charge in [-0.3, -0.25) is 4.79 Å². The number of carboxylic acids is 1. The molecule has 1 rings (SSSR count). The van der Waals surface area contributed by atoms with Crippen LogP contribution in [0.15, 0.2) is 21.6 Å². The highest BCUT2D eigenvalue weighted by Crippen LogP contribution is 2.14. The zero-order valence-electron chi connectivity index (χ0n) is 5.07. The van der Waals surface area contributed by atoms with E-state index in [1.165, 1.54) is 6.26 Å². The third-order valence-electron chi connectivity index (χ3n) is 1.03. The maximum absolute atomic E-state index is 10.1. The van der Waals surface area contributed by atoms with Gasteiger partial charge in [-0.05, 0) is 6.07 Å². The van der Waals surface area contributed by atoms with E-state index in [1.807, 2.05) is 0 Å². The average molecular weight is 158 g/mol. The molecule has 3 nitrogen and oxygen atoms in total. The highest BCUT2D eigenvalue weighted by atomic mass is 32.1. The Morgan fingerprint density at radius 2 is 2.50 bits per heavy atom. The maximum Gasteiger partial charge on any atom is 0.311 e. The molecule has 0 saturated heterocycles. The van der Waals surface area contributed by atoms with Gasteiger partial charge in [0.2, 0.25) is 0 Å². The van der Waals surface area contributed by atoms with Crippen molar-refractivity contribution in [2.45, 2.75) is 11.3 Å². The number of furan rings is 1. The summed E-state index contributed by atoms with van der Waals surface area (Å²) in [5.41, 5.74) is 0. The third kappa shape index (κ3) is 1.54. The second-order valence-electron chi connectivity index (χ2n) is 1.80. The van der Waals surface area contributed by atoms with E-state index in [1.54, 1.807) is 6.07 Å². The molecule has 0 aliphatic rings. The Kier molecular flexibility index (Phi) is 2.01. The lowest BCUT2D eigenvalue weighted by atomic mass is 10.3. The van der Waals surface area contributed by atoms with Crippen LogP contribution in [0.25, 0.3) is 0 Å². The summed E-state index contributed by atoms with van der Waals surface area (Å²) < 4.78 is 4.82. The van der Waals surface area contributed by atoms with Gasteiger partial charge < -0.3 is 9.52 Å². The van der Waals surface area contributed by atoms with Crippen LogP contribution in [0.2, 0.25) is 0 Å². The Balaban J connectivity index is 2.74. The fourth-order valence-corrected chi connectivity index (χ4v) is 0.796. The molecule has 0 atom stereocenters. The van der Waals surface area contributed by atoms with Gasteiger partial charge in [0.1, 0.15) is 12.2 Å². The Labute approximate surface area is 63.1 Å². The van der Waals surface area contributed by atoms with Crippen molar-refractivity contribution in [1.29, 1.82) is 0 Å². The summed E-state index contributed by atoms with van der Waals surface area (Å²) >= 11 is 3.97. The number of hydrogen-bond donors (Lipinski definition) is 2.